The molecule has 1 saturated heterocycles. The third-order valence-corrected chi connectivity index (χ3v) is 4.62. The Morgan fingerprint density at radius 3 is 2.20 bits per heavy atom. The van der Waals surface area contributed by atoms with E-state index < -0.39 is 17.9 Å². The minimum atomic E-state index is -0.977. The molecule has 2 atom stereocenters. The summed E-state index contributed by atoms with van der Waals surface area (Å²) in [4.78, 5) is 24.5. The van der Waals surface area contributed by atoms with Crippen LogP contribution in [0.1, 0.15) is 27.4 Å². The van der Waals surface area contributed by atoms with Crippen LogP contribution in [-0.4, -0.2) is 40.1 Å². The highest BCUT2D eigenvalue weighted by Crippen LogP contribution is 2.33. The van der Waals surface area contributed by atoms with E-state index in [1.165, 1.54) is 12.1 Å². The van der Waals surface area contributed by atoms with Gasteiger partial charge in [0.15, 0.2) is 0 Å². The molecule has 0 aromatic heterocycles. The maximum absolute atomic E-state index is 13.1. The Morgan fingerprint density at radius 2 is 1.64 bits per heavy atom. The summed E-state index contributed by atoms with van der Waals surface area (Å²) in [5.74, 6) is -2.93. The van der Waals surface area contributed by atoms with Crippen molar-refractivity contribution < 1.29 is 24.2 Å². The van der Waals surface area contributed by atoms with Gasteiger partial charge >= 0.3 is 11.9 Å². The van der Waals surface area contributed by atoms with Gasteiger partial charge in [-0.15, -0.1) is 0 Å². The molecule has 25 heavy (non-hydrogen) atoms. The number of benzene rings is 2. The number of carboxylic acid groups (broad SMARTS) is 2. The van der Waals surface area contributed by atoms with Crippen LogP contribution in [0.4, 0.5) is 4.39 Å². The number of halogens is 1. The summed E-state index contributed by atoms with van der Waals surface area (Å²) in [6.45, 7) is 1.50. The van der Waals surface area contributed by atoms with E-state index in [4.69, 9.17) is 5.11 Å². The average molecular weight is 343 g/mol. The standard InChI is InChI=1S/C19H18FNO4/c20-15-7-5-13(6-8-15)16-10-21(11-17(16)19(24)25)9-12-1-3-14(4-2-12)18(22)23/h1-8,16-17H,9-11H2,(H,22,23)(H,24,25)/t16-,17+/m1/s1. The van der Waals surface area contributed by atoms with Gasteiger partial charge in [0.25, 0.3) is 0 Å². The van der Waals surface area contributed by atoms with Gasteiger partial charge < -0.3 is 10.2 Å². The summed E-state index contributed by atoms with van der Waals surface area (Å²) in [5.41, 5.74) is 1.96. The van der Waals surface area contributed by atoms with E-state index in [0.717, 1.165) is 11.1 Å². The molecule has 1 aliphatic rings. The lowest BCUT2D eigenvalue weighted by molar-refractivity contribution is -0.141. The van der Waals surface area contributed by atoms with E-state index in [9.17, 15) is 19.1 Å². The summed E-state index contributed by atoms with van der Waals surface area (Å²) < 4.78 is 13.1. The van der Waals surface area contributed by atoms with E-state index in [0.29, 0.717) is 19.6 Å². The second kappa shape index (κ2) is 7.03. The molecule has 2 N–H and O–H groups in total. The van der Waals surface area contributed by atoms with Crippen molar-refractivity contribution in [1.29, 1.82) is 0 Å². The minimum absolute atomic E-state index is 0.198. The molecule has 0 unspecified atom stereocenters. The Labute approximate surface area is 144 Å². The molecule has 0 bridgehead atoms. The number of carbonyl (C=O) groups is 2. The number of rotatable bonds is 5. The third-order valence-electron chi connectivity index (χ3n) is 4.62. The molecule has 0 spiro atoms. The molecule has 2 aromatic rings. The highest BCUT2D eigenvalue weighted by Gasteiger charge is 2.38. The number of hydrogen-bond acceptors (Lipinski definition) is 3. The Hall–Kier alpha value is -2.73. The molecule has 0 amide bonds. The maximum Gasteiger partial charge on any atom is 0.335 e. The van der Waals surface area contributed by atoms with Crippen LogP contribution in [0.3, 0.4) is 0 Å². The lowest BCUT2D eigenvalue weighted by Gasteiger charge is -2.16. The summed E-state index contributed by atoms with van der Waals surface area (Å²) in [5, 5.41) is 18.4. The SMILES string of the molecule is O=C(O)c1ccc(CN2C[C@H](C(=O)O)[C@@H](c3ccc(F)cc3)C2)cc1. The fourth-order valence-electron chi connectivity index (χ4n) is 3.32. The zero-order chi connectivity index (χ0) is 18.0. The van der Waals surface area contributed by atoms with Crippen LogP contribution in [0, 0.1) is 11.7 Å². The maximum atomic E-state index is 13.1. The van der Waals surface area contributed by atoms with Gasteiger partial charge in [-0.1, -0.05) is 24.3 Å². The van der Waals surface area contributed by atoms with Gasteiger partial charge in [0.05, 0.1) is 11.5 Å². The molecule has 1 fully saturated rings. The van der Waals surface area contributed by atoms with Gasteiger partial charge in [-0.2, -0.15) is 0 Å². The number of aliphatic carboxylic acids is 1. The Kier molecular flexibility index (Phi) is 4.81. The van der Waals surface area contributed by atoms with Crippen LogP contribution in [0.25, 0.3) is 0 Å². The molecule has 1 heterocycles. The normalized spacial score (nSPS) is 20.5. The number of hydrogen-bond donors (Lipinski definition) is 2. The molecule has 1 aliphatic heterocycles. The number of nitrogens with zero attached hydrogens (tertiary/aromatic N) is 1. The van der Waals surface area contributed by atoms with Crippen LogP contribution in [0.5, 0.6) is 0 Å². The average Bonchev–Trinajstić information content (AvgIpc) is 3.00. The molecule has 0 radical (unpaired) electrons. The quantitative estimate of drug-likeness (QED) is 0.873. The molecule has 5 nitrogen and oxygen atoms in total. The van der Waals surface area contributed by atoms with E-state index >= 15 is 0 Å². The van der Waals surface area contributed by atoms with Crippen LogP contribution >= 0.6 is 0 Å². The summed E-state index contributed by atoms with van der Waals surface area (Å²) in [6.07, 6.45) is 0. The van der Waals surface area contributed by atoms with Crippen molar-refractivity contribution in [1.82, 2.24) is 4.90 Å². The highest BCUT2D eigenvalue weighted by molar-refractivity contribution is 5.87. The first-order valence-corrected chi connectivity index (χ1v) is 7.97. The van der Waals surface area contributed by atoms with Gasteiger partial charge in [0, 0.05) is 25.6 Å². The van der Waals surface area contributed by atoms with E-state index in [2.05, 4.69) is 0 Å². The zero-order valence-corrected chi connectivity index (χ0v) is 13.4. The monoisotopic (exact) mass is 343 g/mol. The molecule has 6 heteroatoms. The van der Waals surface area contributed by atoms with Gasteiger partial charge in [0.2, 0.25) is 0 Å². The molecule has 3 rings (SSSR count). The summed E-state index contributed by atoms with van der Waals surface area (Å²) >= 11 is 0. The largest absolute Gasteiger partial charge is 0.481 e. The van der Waals surface area contributed by atoms with Crippen molar-refractivity contribution in [2.45, 2.75) is 12.5 Å². The smallest absolute Gasteiger partial charge is 0.335 e. The highest BCUT2D eigenvalue weighted by atomic mass is 19.1. The fourth-order valence-corrected chi connectivity index (χ4v) is 3.32. The minimum Gasteiger partial charge on any atom is -0.481 e. The van der Waals surface area contributed by atoms with Crippen molar-refractivity contribution in [3.8, 4) is 0 Å². The van der Waals surface area contributed by atoms with Crippen LogP contribution in [0.15, 0.2) is 48.5 Å². The first-order valence-electron chi connectivity index (χ1n) is 7.97. The summed E-state index contributed by atoms with van der Waals surface area (Å²) in [6, 6.07) is 12.5. The Balaban J connectivity index is 1.74. The molecular weight excluding hydrogens is 325 g/mol. The zero-order valence-electron chi connectivity index (χ0n) is 13.4. The predicted molar refractivity (Wildman–Crippen MR) is 88.9 cm³/mol. The van der Waals surface area contributed by atoms with E-state index in [-0.39, 0.29) is 17.3 Å². The van der Waals surface area contributed by atoms with Crippen molar-refractivity contribution in [2.24, 2.45) is 5.92 Å². The summed E-state index contributed by atoms with van der Waals surface area (Å²) in [7, 11) is 0. The molecule has 130 valence electrons. The fraction of sp³-hybridized carbons (Fsp3) is 0.263. The van der Waals surface area contributed by atoms with E-state index in [1.54, 1.807) is 36.4 Å². The van der Waals surface area contributed by atoms with Crippen LogP contribution in [-0.2, 0) is 11.3 Å². The molecule has 0 aliphatic carbocycles. The first-order chi connectivity index (χ1) is 11.9. The number of carboxylic acids is 2. The van der Waals surface area contributed by atoms with Crippen molar-refractivity contribution in [3.05, 3.63) is 71.0 Å². The predicted octanol–water partition coefficient (Wildman–Crippen LogP) is 2.82. The number of aromatic carboxylic acids is 1. The van der Waals surface area contributed by atoms with E-state index in [1.807, 2.05) is 4.90 Å². The Bertz CT molecular complexity index is 773. The van der Waals surface area contributed by atoms with Gasteiger partial charge in [-0.05, 0) is 35.4 Å². The molecule has 0 saturated carbocycles. The second-order valence-corrected chi connectivity index (χ2v) is 6.30. The van der Waals surface area contributed by atoms with Gasteiger partial charge in [0.1, 0.15) is 5.82 Å². The van der Waals surface area contributed by atoms with Gasteiger partial charge in [-0.25, -0.2) is 9.18 Å². The lowest BCUT2D eigenvalue weighted by atomic mass is 9.89. The van der Waals surface area contributed by atoms with Crippen molar-refractivity contribution in [2.75, 3.05) is 13.1 Å². The Morgan fingerprint density at radius 1 is 1.00 bits per heavy atom. The van der Waals surface area contributed by atoms with Crippen LogP contribution in [0.2, 0.25) is 0 Å². The number of likely N-dealkylation sites (tertiary alicyclic amines) is 1. The lowest BCUT2D eigenvalue weighted by Crippen LogP contribution is -2.23. The second-order valence-electron chi connectivity index (χ2n) is 6.30. The first kappa shape index (κ1) is 17.1. The molecule has 2 aromatic carbocycles. The van der Waals surface area contributed by atoms with Crippen molar-refractivity contribution >= 4 is 11.9 Å². The van der Waals surface area contributed by atoms with Crippen LogP contribution < -0.4 is 0 Å². The van der Waals surface area contributed by atoms with Crippen molar-refractivity contribution in [3.63, 3.8) is 0 Å². The third kappa shape index (κ3) is 3.85. The van der Waals surface area contributed by atoms with Gasteiger partial charge in [-0.3, -0.25) is 9.69 Å². The topological polar surface area (TPSA) is 77.8 Å². The molecular formula is C19H18FNO4.